The van der Waals surface area contributed by atoms with Crippen LogP contribution in [0, 0.1) is 5.82 Å². The number of Topliss-reactive ketones (excluding diaryl/α,β-unsaturated/α-hetero) is 1. The molecule has 0 bridgehead atoms. The maximum Gasteiger partial charge on any atom is 0.301 e. The van der Waals surface area contributed by atoms with Gasteiger partial charge in [-0.25, -0.2) is 9.37 Å². The number of aliphatic hydroxyl groups is 1. The van der Waals surface area contributed by atoms with Crippen LogP contribution >= 0.6 is 22.9 Å². The summed E-state index contributed by atoms with van der Waals surface area (Å²) in [4.78, 5) is 32.3. The lowest BCUT2D eigenvalue weighted by molar-refractivity contribution is -0.132. The summed E-state index contributed by atoms with van der Waals surface area (Å²) in [6.45, 7) is 2.35. The van der Waals surface area contributed by atoms with Gasteiger partial charge in [-0.1, -0.05) is 35.1 Å². The maximum atomic E-state index is 13.8. The van der Waals surface area contributed by atoms with Gasteiger partial charge in [-0.05, 0) is 67.1 Å². The lowest BCUT2D eigenvalue weighted by atomic mass is 9.95. The zero-order valence-corrected chi connectivity index (χ0v) is 19.9. The van der Waals surface area contributed by atoms with Gasteiger partial charge >= 0.3 is 5.91 Å². The van der Waals surface area contributed by atoms with E-state index in [0.29, 0.717) is 38.7 Å². The third kappa shape index (κ3) is 4.15. The molecule has 6 nitrogen and oxygen atoms in total. The number of benzene rings is 3. The molecule has 176 valence electrons. The predicted molar refractivity (Wildman–Crippen MR) is 133 cm³/mol. The topological polar surface area (TPSA) is 79.7 Å². The fraction of sp³-hybridized carbons (Fsp3) is 0.115. The number of rotatable bonds is 5. The Balaban J connectivity index is 1.70. The van der Waals surface area contributed by atoms with Gasteiger partial charge in [0, 0.05) is 10.6 Å². The monoisotopic (exact) mass is 508 g/mol. The van der Waals surface area contributed by atoms with Crippen LogP contribution in [0.15, 0.2) is 72.3 Å². The van der Waals surface area contributed by atoms with Crippen molar-refractivity contribution in [1.29, 1.82) is 0 Å². The molecular formula is C26H18ClFN2O4S. The van der Waals surface area contributed by atoms with Gasteiger partial charge in [0.15, 0.2) is 5.13 Å². The number of halogens is 2. The largest absolute Gasteiger partial charge is 0.507 e. The summed E-state index contributed by atoms with van der Waals surface area (Å²) in [7, 11) is 0. The number of anilines is 1. The van der Waals surface area contributed by atoms with E-state index in [1.54, 1.807) is 48.5 Å². The average Bonchev–Trinajstić information content (AvgIpc) is 3.37. The van der Waals surface area contributed by atoms with Gasteiger partial charge in [-0.2, -0.15) is 0 Å². The summed E-state index contributed by atoms with van der Waals surface area (Å²) >= 11 is 7.06. The number of fused-ring (bicyclic) bond motifs is 1. The molecule has 1 aromatic heterocycles. The standard InChI is InChI=1S/C26H18ClFN2O4S/c1-2-34-18-10-5-14(6-11-18)22-21(23(31)15-3-7-16(27)8-4-15)24(32)25(33)30(22)26-29-19-12-9-17(28)13-20(19)35-26/h3-13,22,31H,2H2,1H3/t22-/m0/s1. The van der Waals surface area contributed by atoms with Gasteiger partial charge in [-0.15, -0.1) is 0 Å². The Morgan fingerprint density at radius 2 is 1.83 bits per heavy atom. The van der Waals surface area contributed by atoms with Crippen LogP contribution in [-0.2, 0) is 9.59 Å². The smallest absolute Gasteiger partial charge is 0.301 e. The molecule has 4 aromatic rings. The van der Waals surface area contributed by atoms with Crippen molar-refractivity contribution < 1.29 is 23.8 Å². The van der Waals surface area contributed by atoms with E-state index < -0.39 is 23.5 Å². The van der Waals surface area contributed by atoms with Crippen LogP contribution < -0.4 is 9.64 Å². The number of thiazole rings is 1. The van der Waals surface area contributed by atoms with Crippen LogP contribution in [-0.4, -0.2) is 28.4 Å². The summed E-state index contributed by atoms with van der Waals surface area (Å²) in [5.41, 5.74) is 1.34. The van der Waals surface area contributed by atoms with Crippen LogP contribution in [0.5, 0.6) is 5.75 Å². The number of nitrogens with zero attached hydrogens (tertiary/aromatic N) is 2. The fourth-order valence-corrected chi connectivity index (χ4v) is 5.15. The van der Waals surface area contributed by atoms with Gasteiger partial charge in [-0.3, -0.25) is 14.5 Å². The summed E-state index contributed by atoms with van der Waals surface area (Å²) in [6, 6.07) is 16.4. The predicted octanol–water partition coefficient (Wildman–Crippen LogP) is 6.11. The maximum absolute atomic E-state index is 13.8. The van der Waals surface area contributed by atoms with Crippen molar-refractivity contribution in [2.75, 3.05) is 11.5 Å². The molecule has 1 aliphatic heterocycles. The number of aromatic nitrogens is 1. The van der Waals surface area contributed by atoms with Crippen molar-refractivity contribution >= 4 is 55.7 Å². The molecule has 1 fully saturated rings. The van der Waals surface area contributed by atoms with E-state index in [-0.39, 0.29) is 16.5 Å². The number of carbonyl (C=O) groups excluding carboxylic acids is 2. The van der Waals surface area contributed by atoms with Crippen molar-refractivity contribution in [3.8, 4) is 5.75 Å². The van der Waals surface area contributed by atoms with E-state index in [0.717, 1.165) is 11.3 Å². The number of carbonyl (C=O) groups is 2. The van der Waals surface area contributed by atoms with Gasteiger partial charge in [0.2, 0.25) is 0 Å². The summed E-state index contributed by atoms with van der Waals surface area (Å²) in [5, 5.41) is 11.8. The molecule has 1 amide bonds. The lowest BCUT2D eigenvalue weighted by Gasteiger charge is -2.23. The molecule has 0 saturated carbocycles. The lowest BCUT2D eigenvalue weighted by Crippen LogP contribution is -2.29. The second kappa shape index (κ2) is 9.13. The van der Waals surface area contributed by atoms with Crippen LogP contribution in [0.1, 0.15) is 24.1 Å². The molecule has 0 unspecified atom stereocenters. The zero-order valence-electron chi connectivity index (χ0n) is 18.4. The number of ether oxygens (including phenoxy) is 1. The number of amides is 1. The van der Waals surface area contributed by atoms with Crippen LogP contribution in [0.3, 0.4) is 0 Å². The minimum atomic E-state index is -0.952. The Hall–Kier alpha value is -3.75. The Kier molecular flexibility index (Phi) is 6.00. The first kappa shape index (κ1) is 23.0. The van der Waals surface area contributed by atoms with Gasteiger partial charge in [0.25, 0.3) is 5.78 Å². The van der Waals surface area contributed by atoms with E-state index in [1.165, 1.54) is 23.1 Å². The SMILES string of the molecule is CCOc1ccc([C@H]2C(=C(O)c3ccc(Cl)cc3)C(=O)C(=O)N2c2nc3ccc(F)cc3s2)cc1. The molecule has 1 N–H and O–H groups in total. The normalized spacial score (nSPS) is 17.3. The van der Waals surface area contributed by atoms with Crippen molar-refractivity contribution in [2.24, 2.45) is 0 Å². The highest BCUT2D eigenvalue weighted by Crippen LogP contribution is 2.44. The fourth-order valence-electron chi connectivity index (χ4n) is 4.01. The summed E-state index contributed by atoms with van der Waals surface area (Å²) in [5.74, 6) is -1.81. The van der Waals surface area contributed by atoms with Crippen LogP contribution in [0.4, 0.5) is 9.52 Å². The number of hydrogen-bond donors (Lipinski definition) is 1. The Morgan fingerprint density at radius 3 is 2.51 bits per heavy atom. The summed E-state index contributed by atoms with van der Waals surface area (Å²) in [6.07, 6.45) is 0. The van der Waals surface area contributed by atoms with E-state index in [1.807, 2.05) is 6.92 Å². The van der Waals surface area contributed by atoms with Crippen molar-refractivity contribution in [3.05, 3.63) is 94.3 Å². The number of ketones is 1. The Morgan fingerprint density at radius 1 is 1.11 bits per heavy atom. The highest BCUT2D eigenvalue weighted by Gasteiger charge is 2.48. The molecule has 1 atom stereocenters. The third-order valence-electron chi connectivity index (χ3n) is 5.61. The molecule has 9 heteroatoms. The zero-order chi connectivity index (χ0) is 24.7. The van der Waals surface area contributed by atoms with Crippen molar-refractivity contribution in [2.45, 2.75) is 13.0 Å². The molecule has 1 saturated heterocycles. The first-order valence-electron chi connectivity index (χ1n) is 10.7. The van der Waals surface area contributed by atoms with Crippen molar-refractivity contribution in [1.82, 2.24) is 4.98 Å². The van der Waals surface area contributed by atoms with Gasteiger partial charge < -0.3 is 9.84 Å². The minimum Gasteiger partial charge on any atom is -0.507 e. The second-order valence-corrected chi connectivity index (χ2v) is 9.23. The second-order valence-electron chi connectivity index (χ2n) is 7.79. The summed E-state index contributed by atoms with van der Waals surface area (Å²) < 4.78 is 19.8. The van der Waals surface area contributed by atoms with E-state index in [2.05, 4.69) is 4.98 Å². The van der Waals surface area contributed by atoms with Crippen LogP contribution in [0.25, 0.3) is 16.0 Å². The minimum absolute atomic E-state index is 0.0769. The van der Waals surface area contributed by atoms with Gasteiger partial charge in [0.1, 0.15) is 17.3 Å². The first-order chi connectivity index (χ1) is 16.9. The molecule has 5 rings (SSSR count). The first-order valence-corrected chi connectivity index (χ1v) is 11.9. The number of hydrogen-bond acceptors (Lipinski definition) is 6. The average molecular weight is 509 g/mol. The quantitative estimate of drug-likeness (QED) is 0.200. The molecule has 0 spiro atoms. The van der Waals surface area contributed by atoms with E-state index >= 15 is 0 Å². The van der Waals surface area contributed by atoms with E-state index in [9.17, 15) is 19.1 Å². The molecule has 35 heavy (non-hydrogen) atoms. The van der Waals surface area contributed by atoms with E-state index in [4.69, 9.17) is 16.3 Å². The van der Waals surface area contributed by atoms with Gasteiger partial charge in [0.05, 0.1) is 28.4 Å². The molecule has 0 aliphatic carbocycles. The molecule has 3 aromatic carbocycles. The highest BCUT2D eigenvalue weighted by molar-refractivity contribution is 7.22. The molecule has 1 aliphatic rings. The molecular weight excluding hydrogens is 491 g/mol. The van der Waals surface area contributed by atoms with Crippen molar-refractivity contribution in [3.63, 3.8) is 0 Å². The van der Waals surface area contributed by atoms with Crippen LogP contribution in [0.2, 0.25) is 5.02 Å². The Bertz CT molecular complexity index is 1480. The number of aliphatic hydroxyl groups excluding tert-OH is 1. The molecule has 0 radical (unpaired) electrons. The molecule has 2 heterocycles. The highest BCUT2D eigenvalue weighted by atomic mass is 35.5. The Labute approximate surface area is 208 Å². The third-order valence-corrected chi connectivity index (χ3v) is 6.88.